The lowest BCUT2D eigenvalue weighted by molar-refractivity contribution is 1.69. The Morgan fingerprint density at radius 2 is 1.71 bits per heavy atom. The molecular weight excluding hydrogens is 86.1 g/mol. The summed E-state index contributed by atoms with van der Waals surface area (Å²) in [5.74, 6) is 0. The molecule has 0 unspecified atom stereocenters. The topological polar surface area (TPSA) is 26.0 Å². The Kier molecular flexibility index (Phi) is 0.984. The molecule has 0 bridgehead atoms. The number of hydrogen-bond donors (Lipinski definition) is 1. The molecule has 0 radical (unpaired) electrons. The van der Waals surface area contributed by atoms with Crippen LogP contribution in [0, 0.1) is 0 Å². The van der Waals surface area contributed by atoms with Crippen LogP contribution in [-0.4, -0.2) is 0 Å². The van der Waals surface area contributed by atoms with Crippen molar-refractivity contribution in [3.05, 3.63) is 30.3 Å². The fourth-order valence-electron chi connectivity index (χ4n) is 0.453. The van der Waals surface area contributed by atoms with E-state index in [1.807, 2.05) is 30.3 Å². The fraction of sp³-hybridized carbons (Fsp3) is 0. The van der Waals surface area contributed by atoms with Crippen molar-refractivity contribution in [2.45, 2.75) is 0 Å². The van der Waals surface area contributed by atoms with Gasteiger partial charge in [0.25, 0.3) is 0 Å². The molecule has 0 spiro atoms. The highest BCUT2D eigenvalue weighted by atomic mass is 14.5. The minimum absolute atomic E-state index is 0. The molecule has 0 saturated carbocycles. The Hall–Kier alpha value is -0.980. The predicted octanol–water partition coefficient (Wildman–Crippen LogP) is 1.51. The van der Waals surface area contributed by atoms with Crippen molar-refractivity contribution in [3.63, 3.8) is 0 Å². The van der Waals surface area contributed by atoms with E-state index in [0.717, 1.165) is 5.69 Å². The molecule has 1 aromatic rings. The third kappa shape index (κ3) is 0.929. The quantitative estimate of drug-likeness (QED) is 0.487. The number of benzene rings is 1. The zero-order valence-corrected chi connectivity index (χ0v) is 3.96. The third-order valence-electron chi connectivity index (χ3n) is 0.800. The zero-order valence-electron chi connectivity index (χ0n) is 3.96. The molecule has 0 aromatic heterocycles. The van der Waals surface area contributed by atoms with Crippen LogP contribution in [0.1, 0.15) is 1.43 Å². The second-order valence-electron chi connectivity index (χ2n) is 1.41. The first-order chi connectivity index (χ1) is 3.39. The first kappa shape index (κ1) is 4.19. The lowest BCUT2D eigenvalue weighted by Gasteiger charge is -1.83. The molecule has 1 nitrogen and oxygen atoms in total. The highest BCUT2D eigenvalue weighted by Gasteiger charge is 1.72. The van der Waals surface area contributed by atoms with Crippen molar-refractivity contribution in [1.29, 1.82) is 0 Å². The molecule has 0 heterocycles. The van der Waals surface area contributed by atoms with E-state index in [4.69, 9.17) is 5.73 Å². The Morgan fingerprint density at radius 1 is 1.14 bits per heavy atom. The molecule has 0 saturated heterocycles. The first-order valence-corrected chi connectivity index (χ1v) is 2.20. The summed E-state index contributed by atoms with van der Waals surface area (Å²) in [5.41, 5.74) is 6.18. The van der Waals surface area contributed by atoms with Crippen LogP contribution < -0.4 is 5.73 Å². The van der Waals surface area contributed by atoms with Crippen LogP contribution in [-0.2, 0) is 0 Å². The minimum Gasteiger partial charge on any atom is -0.399 e. The number of hydrogen-bond acceptors (Lipinski definition) is 1. The number of nitrogens with two attached hydrogens (primary N) is 1. The van der Waals surface area contributed by atoms with Crippen molar-refractivity contribution >= 4 is 5.69 Å². The normalized spacial score (nSPS) is 8.57. The summed E-state index contributed by atoms with van der Waals surface area (Å²) < 4.78 is 0. The van der Waals surface area contributed by atoms with Crippen molar-refractivity contribution in [2.75, 3.05) is 5.73 Å². The fourth-order valence-corrected chi connectivity index (χ4v) is 0.453. The van der Waals surface area contributed by atoms with Crippen LogP contribution in [0.4, 0.5) is 5.69 Å². The molecule has 1 heteroatoms. The van der Waals surface area contributed by atoms with E-state index in [-0.39, 0.29) is 1.43 Å². The maximum atomic E-state index is 5.36. The number of rotatable bonds is 0. The zero-order chi connectivity index (χ0) is 5.11. The average Bonchev–Trinajstić information content (AvgIpc) is 1.69. The molecule has 0 aliphatic carbocycles. The summed E-state index contributed by atoms with van der Waals surface area (Å²) in [7, 11) is 0. The lowest BCUT2D eigenvalue weighted by atomic mass is 10.3. The van der Waals surface area contributed by atoms with Crippen LogP contribution >= 0.6 is 0 Å². The van der Waals surface area contributed by atoms with E-state index >= 15 is 0 Å². The van der Waals surface area contributed by atoms with E-state index < -0.39 is 0 Å². The molecule has 0 amide bonds. The van der Waals surface area contributed by atoms with Gasteiger partial charge in [0.15, 0.2) is 0 Å². The molecular formula is C6H9N. The van der Waals surface area contributed by atoms with E-state index in [1.54, 1.807) is 0 Å². The Bertz CT molecular complexity index is 138. The molecule has 0 aliphatic heterocycles. The van der Waals surface area contributed by atoms with Crippen LogP contribution in [0.15, 0.2) is 30.3 Å². The summed E-state index contributed by atoms with van der Waals surface area (Å²) >= 11 is 0. The smallest absolute Gasteiger partial charge is 0.0313 e. The van der Waals surface area contributed by atoms with Crippen LogP contribution in [0.3, 0.4) is 0 Å². The molecule has 7 heavy (non-hydrogen) atoms. The Morgan fingerprint density at radius 3 is 2.00 bits per heavy atom. The number of para-hydroxylation sites is 1. The van der Waals surface area contributed by atoms with Crippen molar-refractivity contribution < 1.29 is 1.43 Å². The van der Waals surface area contributed by atoms with Gasteiger partial charge in [0.2, 0.25) is 0 Å². The maximum Gasteiger partial charge on any atom is 0.0313 e. The third-order valence-corrected chi connectivity index (χ3v) is 0.800. The van der Waals surface area contributed by atoms with Gasteiger partial charge < -0.3 is 5.73 Å². The van der Waals surface area contributed by atoms with Gasteiger partial charge in [-0.2, -0.15) is 0 Å². The minimum atomic E-state index is 0. The van der Waals surface area contributed by atoms with Crippen molar-refractivity contribution in [3.8, 4) is 0 Å². The summed E-state index contributed by atoms with van der Waals surface area (Å²) in [4.78, 5) is 0. The van der Waals surface area contributed by atoms with Gasteiger partial charge in [-0.15, -0.1) is 0 Å². The summed E-state index contributed by atoms with van der Waals surface area (Å²) in [6.07, 6.45) is 0. The molecule has 0 atom stereocenters. The summed E-state index contributed by atoms with van der Waals surface area (Å²) in [6.45, 7) is 0. The Labute approximate surface area is 44.3 Å². The second-order valence-corrected chi connectivity index (χ2v) is 1.41. The SMILES string of the molecule is Nc1ccccc1.[2HH]. The van der Waals surface area contributed by atoms with E-state index in [2.05, 4.69) is 0 Å². The van der Waals surface area contributed by atoms with Crippen molar-refractivity contribution in [1.82, 2.24) is 0 Å². The van der Waals surface area contributed by atoms with Gasteiger partial charge in [0.1, 0.15) is 0 Å². The van der Waals surface area contributed by atoms with E-state index in [1.165, 1.54) is 0 Å². The maximum absolute atomic E-state index is 5.36. The van der Waals surface area contributed by atoms with Crippen LogP contribution in [0.2, 0.25) is 0 Å². The summed E-state index contributed by atoms with van der Waals surface area (Å²) in [5, 5.41) is 0. The Balaban J connectivity index is 0.000000490. The molecule has 0 fully saturated rings. The molecule has 0 aliphatic rings. The van der Waals surface area contributed by atoms with E-state index in [9.17, 15) is 0 Å². The second kappa shape index (κ2) is 1.65. The average molecular weight is 96.2 g/mol. The molecule has 1 rings (SSSR count). The van der Waals surface area contributed by atoms with Gasteiger partial charge in [-0.1, -0.05) is 18.2 Å². The van der Waals surface area contributed by atoms with Crippen LogP contribution in [0.25, 0.3) is 0 Å². The van der Waals surface area contributed by atoms with Gasteiger partial charge in [-0.05, 0) is 12.1 Å². The largest absolute Gasteiger partial charge is 0.399 e. The van der Waals surface area contributed by atoms with Gasteiger partial charge in [0, 0.05) is 7.11 Å². The predicted molar refractivity (Wildman–Crippen MR) is 33.0 cm³/mol. The number of nitrogen functional groups attached to an aromatic ring is 1. The van der Waals surface area contributed by atoms with Crippen molar-refractivity contribution in [2.24, 2.45) is 0 Å². The summed E-state index contributed by atoms with van der Waals surface area (Å²) in [6, 6.07) is 9.49. The van der Waals surface area contributed by atoms with Gasteiger partial charge >= 0.3 is 0 Å². The first-order valence-electron chi connectivity index (χ1n) is 2.20. The van der Waals surface area contributed by atoms with Gasteiger partial charge in [0.05, 0.1) is 0 Å². The molecule has 38 valence electrons. The van der Waals surface area contributed by atoms with Crippen LogP contribution in [0.5, 0.6) is 0 Å². The van der Waals surface area contributed by atoms with E-state index in [0.29, 0.717) is 0 Å². The highest BCUT2D eigenvalue weighted by Crippen LogP contribution is 1.95. The lowest BCUT2D eigenvalue weighted by Crippen LogP contribution is -1.79. The standard InChI is InChI=1S/C6H7N.H2/c7-6-4-2-1-3-5-6;/h1-5H,7H2;1H/i;1+1. The highest BCUT2D eigenvalue weighted by molar-refractivity contribution is 5.35. The monoisotopic (exact) mass is 96.1 g/mol. The molecule has 1 aromatic carbocycles. The number of anilines is 1. The van der Waals surface area contributed by atoms with Gasteiger partial charge in [-0.3, -0.25) is 0 Å². The molecule has 2 N–H and O–H groups in total. The van der Waals surface area contributed by atoms with Gasteiger partial charge in [-0.25, -0.2) is 0 Å².